The first kappa shape index (κ1) is 8.51. The van der Waals surface area contributed by atoms with Gasteiger partial charge in [0.1, 0.15) is 0 Å². The molecular formula is C8H14N2O. The zero-order valence-electron chi connectivity index (χ0n) is 6.64. The Morgan fingerprint density at radius 2 is 2.27 bits per heavy atom. The monoisotopic (exact) mass is 154 g/mol. The van der Waals surface area contributed by atoms with Gasteiger partial charge < -0.3 is 10.4 Å². The fourth-order valence-electron chi connectivity index (χ4n) is 1.30. The maximum atomic E-state index is 9.59. The molecule has 3 nitrogen and oxygen atoms in total. The Kier molecular flexibility index (Phi) is 2.86. The lowest BCUT2D eigenvalue weighted by Gasteiger charge is -2.36. The zero-order valence-corrected chi connectivity index (χ0v) is 6.64. The van der Waals surface area contributed by atoms with Crippen molar-refractivity contribution in [1.29, 1.82) is 5.26 Å². The highest BCUT2D eigenvalue weighted by Gasteiger charge is 2.33. The number of rotatable bonds is 4. The van der Waals surface area contributed by atoms with E-state index in [2.05, 4.69) is 5.32 Å². The van der Waals surface area contributed by atoms with Crippen LogP contribution in [0.2, 0.25) is 0 Å². The molecule has 0 unspecified atom stereocenters. The molecule has 1 rings (SSSR count). The van der Waals surface area contributed by atoms with Crippen molar-refractivity contribution in [2.75, 3.05) is 13.1 Å². The lowest BCUT2D eigenvalue weighted by molar-refractivity contribution is -0.0392. The molecule has 0 bridgehead atoms. The van der Waals surface area contributed by atoms with Gasteiger partial charge in [-0.15, -0.1) is 0 Å². The van der Waals surface area contributed by atoms with Crippen LogP contribution >= 0.6 is 0 Å². The Labute approximate surface area is 67.0 Å². The summed E-state index contributed by atoms with van der Waals surface area (Å²) in [6.07, 6.45) is 3.80. The van der Waals surface area contributed by atoms with E-state index < -0.39 is 5.60 Å². The molecule has 0 spiro atoms. The highest BCUT2D eigenvalue weighted by molar-refractivity contribution is 4.88. The molecule has 0 amide bonds. The van der Waals surface area contributed by atoms with Gasteiger partial charge >= 0.3 is 0 Å². The number of nitriles is 1. The van der Waals surface area contributed by atoms with Gasteiger partial charge in [-0.05, 0) is 32.2 Å². The number of aliphatic hydroxyl groups is 1. The standard InChI is InChI=1S/C8H14N2O/c9-5-7-10-6-4-8(11)2-1-3-8/h10-11H,1-4,6-7H2. The summed E-state index contributed by atoms with van der Waals surface area (Å²) >= 11 is 0. The molecule has 0 atom stereocenters. The summed E-state index contributed by atoms with van der Waals surface area (Å²) in [4.78, 5) is 0. The fraction of sp³-hybridized carbons (Fsp3) is 0.875. The Morgan fingerprint density at radius 1 is 1.55 bits per heavy atom. The van der Waals surface area contributed by atoms with E-state index in [0.29, 0.717) is 6.54 Å². The topological polar surface area (TPSA) is 56.0 Å². The minimum absolute atomic E-state index is 0.385. The maximum Gasteiger partial charge on any atom is 0.0840 e. The van der Waals surface area contributed by atoms with E-state index in [1.54, 1.807) is 0 Å². The van der Waals surface area contributed by atoms with E-state index in [9.17, 15) is 5.11 Å². The maximum absolute atomic E-state index is 9.59. The van der Waals surface area contributed by atoms with Crippen LogP contribution in [0.1, 0.15) is 25.7 Å². The van der Waals surface area contributed by atoms with Crippen LogP contribution in [0.15, 0.2) is 0 Å². The van der Waals surface area contributed by atoms with Gasteiger partial charge in [-0.25, -0.2) is 0 Å². The molecule has 0 saturated heterocycles. The van der Waals surface area contributed by atoms with Crippen molar-refractivity contribution < 1.29 is 5.11 Å². The van der Waals surface area contributed by atoms with Crippen LogP contribution < -0.4 is 5.32 Å². The summed E-state index contributed by atoms with van der Waals surface area (Å²) in [6, 6.07) is 2.00. The third-order valence-electron chi connectivity index (χ3n) is 2.26. The first-order chi connectivity index (χ1) is 5.27. The van der Waals surface area contributed by atoms with Crippen molar-refractivity contribution in [2.24, 2.45) is 0 Å². The van der Waals surface area contributed by atoms with Crippen LogP contribution in [0.3, 0.4) is 0 Å². The van der Waals surface area contributed by atoms with Gasteiger partial charge in [0.25, 0.3) is 0 Å². The largest absolute Gasteiger partial charge is 0.390 e. The molecule has 1 saturated carbocycles. The van der Waals surface area contributed by atoms with Crippen LogP contribution in [-0.4, -0.2) is 23.8 Å². The molecule has 0 aromatic heterocycles. The van der Waals surface area contributed by atoms with E-state index in [1.807, 2.05) is 6.07 Å². The van der Waals surface area contributed by atoms with Crippen molar-refractivity contribution in [3.63, 3.8) is 0 Å². The molecule has 0 radical (unpaired) electrons. The Balaban J connectivity index is 1.99. The molecule has 0 aliphatic heterocycles. The summed E-state index contributed by atoms with van der Waals surface area (Å²) in [5.41, 5.74) is -0.400. The fourth-order valence-corrected chi connectivity index (χ4v) is 1.30. The molecule has 11 heavy (non-hydrogen) atoms. The molecule has 0 aromatic rings. The van der Waals surface area contributed by atoms with Crippen LogP contribution in [0.5, 0.6) is 0 Å². The molecule has 62 valence electrons. The predicted molar refractivity (Wildman–Crippen MR) is 41.9 cm³/mol. The summed E-state index contributed by atoms with van der Waals surface area (Å²) < 4.78 is 0. The van der Waals surface area contributed by atoms with Gasteiger partial charge in [0, 0.05) is 0 Å². The lowest BCUT2D eigenvalue weighted by atomic mass is 9.78. The van der Waals surface area contributed by atoms with E-state index >= 15 is 0 Å². The molecule has 0 aromatic carbocycles. The van der Waals surface area contributed by atoms with Crippen molar-refractivity contribution in [3.05, 3.63) is 0 Å². The van der Waals surface area contributed by atoms with Gasteiger partial charge in [-0.2, -0.15) is 5.26 Å². The summed E-state index contributed by atoms with van der Waals surface area (Å²) in [5, 5.41) is 20.7. The smallest absolute Gasteiger partial charge is 0.0840 e. The highest BCUT2D eigenvalue weighted by atomic mass is 16.3. The molecule has 3 heteroatoms. The quantitative estimate of drug-likeness (QED) is 0.455. The van der Waals surface area contributed by atoms with E-state index in [1.165, 1.54) is 0 Å². The van der Waals surface area contributed by atoms with Crippen molar-refractivity contribution >= 4 is 0 Å². The second kappa shape index (κ2) is 3.70. The summed E-state index contributed by atoms with van der Waals surface area (Å²) in [6.45, 7) is 1.14. The van der Waals surface area contributed by atoms with Gasteiger partial charge in [-0.3, -0.25) is 0 Å². The average Bonchev–Trinajstić information content (AvgIpc) is 1.95. The third-order valence-corrected chi connectivity index (χ3v) is 2.26. The predicted octanol–water partition coefficient (Wildman–Crippen LogP) is 0.405. The minimum atomic E-state index is -0.400. The average molecular weight is 154 g/mol. The molecule has 0 heterocycles. The highest BCUT2D eigenvalue weighted by Crippen LogP contribution is 2.33. The lowest BCUT2D eigenvalue weighted by Crippen LogP contribution is -2.39. The first-order valence-electron chi connectivity index (χ1n) is 4.07. The third kappa shape index (κ3) is 2.49. The van der Waals surface area contributed by atoms with Crippen LogP contribution in [0.25, 0.3) is 0 Å². The molecule has 1 fully saturated rings. The molecule has 1 aliphatic carbocycles. The van der Waals surface area contributed by atoms with Gasteiger partial charge in [-0.1, -0.05) is 0 Å². The van der Waals surface area contributed by atoms with E-state index in [4.69, 9.17) is 5.26 Å². The summed E-state index contributed by atoms with van der Waals surface area (Å²) in [7, 11) is 0. The van der Waals surface area contributed by atoms with Crippen LogP contribution in [0.4, 0.5) is 0 Å². The van der Waals surface area contributed by atoms with E-state index in [-0.39, 0.29) is 0 Å². The van der Waals surface area contributed by atoms with E-state index in [0.717, 1.165) is 32.2 Å². The van der Waals surface area contributed by atoms with Crippen molar-refractivity contribution in [2.45, 2.75) is 31.3 Å². The van der Waals surface area contributed by atoms with Gasteiger partial charge in [0.15, 0.2) is 0 Å². The molecule has 1 aliphatic rings. The summed E-state index contributed by atoms with van der Waals surface area (Å²) in [5.74, 6) is 0. The molecular weight excluding hydrogens is 140 g/mol. The number of hydrogen-bond acceptors (Lipinski definition) is 3. The second-order valence-corrected chi connectivity index (χ2v) is 3.16. The number of hydrogen-bond donors (Lipinski definition) is 2. The van der Waals surface area contributed by atoms with Gasteiger partial charge in [0.2, 0.25) is 0 Å². The van der Waals surface area contributed by atoms with Gasteiger partial charge in [0.05, 0.1) is 18.2 Å². The second-order valence-electron chi connectivity index (χ2n) is 3.16. The number of nitrogens with one attached hydrogen (secondary N) is 1. The Morgan fingerprint density at radius 3 is 2.73 bits per heavy atom. The number of nitrogens with zero attached hydrogens (tertiary/aromatic N) is 1. The first-order valence-corrected chi connectivity index (χ1v) is 4.07. The van der Waals surface area contributed by atoms with Crippen molar-refractivity contribution in [3.8, 4) is 6.07 Å². The van der Waals surface area contributed by atoms with Crippen LogP contribution in [0, 0.1) is 11.3 Å². The van der Waals surface area contributed by atoms with Crippen molar-refractivity contribution in [1.82, 2.24) is 5.32 Å². The zero-order chi connectivity index (χ0) is 8.16. The van der Waals surface area contributed by atoms with Crippen LogP contribution in [-0.2, 0) is 0 Å². The Hall–Kier alpha value is -0.590. The SMILES string of the molecule is N#CCNCCC1(O)CCC1. The Bertz CT molecular complexity index is 158. The normalized spacial score (nSPS) is 20.4. The molecule has 2 N–H and O–H groups in total. The minimum Gasteiger partial charge on any atom is -0.390 e.